The minimum atomic E-state index is -0.272. The molecule has 0 aliphatic rings. The van der Waals surface area contributed by atoms with Crippen molar-refractivity contribution in [2.45, 2.75) is 6.42 Å². The number of benzene rings is 2. The molecule has 2 rings (SSSR count). The molecule has 0 heterocycles. The average molecular weight is 340 g/mol. The van der Waals surface area contributed by atoms with Gasteiger partial charge in [0.05, 0.1) is 17.0 Å². The number of nitriles is 1. The van der Waals surface area contributed by atoms with Gasteiger partial charge in [0.2, 0.25) is 5.91 Å². The van der Waals surface area contributed by atoms with E-state index in [1.54, 1.807) is 30.3 Å². The molecule has 0 spiro atoms. The molecular formula is C15H9Cl3N2O. The second-order valence-corrected chi connectivity index (χ2v) is 5.45. The quantitative estimate of drug-likeness (QED) is 0.881. The topological polar surface area (TPSA) is 52.9 Å². The summed E-state index contributed by atoms with van der Waals surface area (Å²) >= 11 is 17.9. The first-order valence-corrected chi connectivity index (χ1v) is 7.07. The predicted molar refractivity (Wildman–Crippen MR) is 85.0 cm³/mol. The van der Waals surface area contributed by atoms with E-state index in [1.165, 1.54) is 6.07 Å². The molecule has 21 heavy (non-hydrogen) atoms. The van der Waals surface area contributed by atoms with Crippen LogP contribution in [0.25, 0.3) is 0 Å². The number of amides is 1. The van der Waals surface area contributed by atoms with Crippen LogP contribution in [0.15, 0.2) is 36.4 Å². The predicted octanol–water partition coefficient (Wildman–Crippen LogP) is 4.70. The van der Waals surface area contributed by atoms with E-state index >= 15 is 0 Å². The van der Waals surface area contributed by atoms with Crippen LogP contribution in [0.1, 0.15) is 11.1 Å². The minimum Gasteiger partial charge on any atom is -0.326 e. The lowest BCUT2D eigenvalue weighted by Crippen LogP contribution is -2.15. The Balaban J connectivity index is 2.12. The summed E-state index contributed by atoms with van der Waals surface area (Å²) in [6, 6.07) is 11.7. The van der Waals surface area contributed by atoms with Crippen molar-refractivity contribution in [2.75, 3.05) is 5.32 Å². The zero-order chi connectivity index (χ0) is 15.4. The molecule has 0 unspecified atom stereocenters. The zero-order valence-corrected chi connectivity index (χ0v) is 12.9. The Labute approximate surface area is 137 Å². The number of nitrogens with one attached hydrogen (secondary N) is 1. The summed E-state index contributed by atoms with van der Waals surface area (Å²) in [4.78, 5) is 12.0. The Morgan fingerprint density at radius 2 is 1.76 bits per heavy atom. The van der Waals surface area contributed by atoms with Crippen molar-refractivity contribution in [1.29, 1.82) is 5.26 Å². The first-order valence-electron chi connectivity index (χ1n) is 5.93. The fraction of sp³-hybridized carbons (Fsp3) is 0.0667. The van der Waals surface area contributed by atoms with Gasteiger partial charge >= 0.3 is 0 Å². The molecule has 2 aromatic carbocycles. The van der Waals surface area contributed by atoms with Gasteiger partial charge in [-0.25, -0.2) is 0 Å². The minimum absolute atomic E-state index is 0.0517. The number of rotatable bonds is 3. The molecule has 0 aliphatic heterocycles. The normalized spacial score (nSPS) is 10.0. The summed E-state index contributed by atoms with van der Waals surface area (Å²) < 4.78 is 0. The van der Waals surface area contributed by atoms with Gasteiger partial charge in [-0.3, -0.25) is 4.79 Å². The number of carbonyl (C=O) groups excluding carboxylic acids is 1. The van der Waals surface area contributed by atoms with Gasteiger partial charge in [0, 0.05) is 15.7 Å². The average Bonchev–Trinajstić information content (AvgIpc) is 2.43. The maximum Gasteiger partial charge on any atom is 0.228 e. The standard InChI is InChI=1S/C15H9Cl3N2O/c16-12-2-1-3-13(17)11(12)7-15(21)20-10-5-4-9(8-19)14(18)6-10/h1-6H,7H2,(H,20,21). The lowest BCUT2D eigenvalue weighted by Gasteiger charge is -2.08. The van der Waals surface area contributed by atoms with Crippen molar-refractivity contribution >= 4 is 46.4 Å². The summed E-state index contributed by atoms with van der Waals surface area (Å²) in [6.45, 7) is 0. The van der Waals surface area contributed by atoms with E-state index in [0.717, 1.165) is 0 Å². The molecule has 0 aromatic heterocycles. The Morgan fingerprint density at radius 1 is 1.10 bits per heavy atom. The van der Waals surface area contributed by atoms with Crippen LogP contribution in [0, 0.1) is 11.3 Å². The van der Waals surface area contributed by atoms with Crippen LogP contribution in [0.5, 0.6) is 0 Å². The van der Waals surface area contributed by atoms with Gasteiger partial charge in [0.15, 0.2) is 0 Å². The van der Waals surface area contributed by atoms with Crippen LogP contribution in [0.3, 0.4) is 0 Å². The molecule has 0 bridgehead atoms. The van der Waals surface area contributed by atoms with Gasteiger partial charge in [-0.1, -0.05) is 40.9 Å². The SMILES string of the molecule is N#Cc1ccc(NC(=O)Cc2c(Cl)cccc2Cl)cc1Cl. The Bertz CT molecular complexity index is 718. The maximum atomic E-state index is 12.0. The van der Waals surface area contributed by atoms with Crippen molar-refractivity contribution in [2.24, 2.45) is 0 Å². The molecule has 1 N–H and O–H groups in total. The summed E-state index contributed by atoms with van der Waals surface area (Å²) in [5, 5.41) is 12.6. The van der Waals surface area contributed by atoms with Gasteiger partial charge < -0.3 is 5.32 Å². The molecule has 6 heteroatoms. The highest BCUT2D eigenvalue weighted by atomic mass is 35.5. The van der Waals surface area contributed by atoms with Crippen molar-refractivity contribution < 1.29 is 4.79 Å². The highest BCUT2D eigenvalue weighted by Crippen LogP contribution is 2.25. The summed E-state index contributed by atoms with van der Waals surface area (Å²) in [5.41, 5.74) is 1.43. The van der Waals surface area contributed by atoms with Crippen molar-refractivity contribution in [3.8, 4) is 6.07 Å². The second-order valence-electron chi connectivity index (χ2n) is 4.23. The van der Waals surface area contributed by atoms with E-state index in [1.807, 2.05) is 6.07 Å². The van der Waals surface area contributed by atoms with Gasteiger partial charge in [-0.05, 0) is 35.9 Å². The molecule has 106 valence electrons. The van der Waals surface area contributed by atoms with Gasteiger partial charge in [-0.15, -0.1) is 0 Å². The van der Waals surface area contributed by atoms with E-state index in [4.69, 9.17) is 40.1 Å². The number of nitrogens with zero attached hydrogens (tertiary/aromatic N) is 1. The highest BCUT2D eigenvalue weighted by molar-refractivity contribution is 6.36. The van der Waals surface area contributed by atoms with Crippen LogP contribution < -0.4 is 5.32 Å². The molecule has 0 saturated heterocycles. The molecule has 0 fully saturated rings. The number of hydrogen-bond acceptors (Lipinski definition) is 2. The number of halogens is 3. The monoisotopic (exact) mass is 338 g/mol. The molecule has 0 aliphatic carbocycles. The summed E-state index contributed by atoms with van der Waals surface area (Å²) in [7, 11) is 0. The Hall–Kier alpha value is -1.73. The van der Waals surface area contributed by atoms with Crippen LogP contribution in [0.2, 0.25) is 15.1 Å². The molecule has 1 amide bonds. The second kappa shape index (κ2) is 6.82. The summed E-state index contributed by atoms with van der Waals surface area (Å²) in [6.07, 6.45) is 0.0517. The smallest absolute Gasteiger partial charge is 0.228 e. The Kier molecular flexibility index (Phi) is 5.08. The van der Waals surface area contributed by atoms with Gasteiger partial charge in [0.25, 0.3) is 0 Å². The van der Waals surface area contributed by atoms with E-state index in [-0.39, 0.29) is 17.4 Å². The van der Waals surface area contributed by atoms with Crippen molar-refractivity contribution in [3.05, 3.63) is 62.6 Å². The maximum absolute atomic E-state index is 12.0. The number of anilines is 1. The summed E-state index contributed by atoms with van der Waals surface area (Å²) in [5.74, 6) is -0.272. The molecule has 2 aromatic rings. The third kappa shape index (κ3) is 3.89. The first-order chi connectivity index (χ1) is 10.0. The fourth-order valence-electron chi connectivity index (χ4n) is 1.75. The molecular weight excluding hydrogens is 331 g/mol. The van der Waals surface area contributed by atoms with Gasteiger partial charge in [-0.2, -0.15) is 5.26 Å². The fourth-order valence-corrected chi connectivity index (χ4v) is 2.50. The van der Waals surface area contributed by atoms with Crippen molar-refractivity contribution in [3.63, 3.8) is 0 Å². The van der Waals surface area contributed by atoms with E-state index < -0.39 is 0 Å². The van der Waals surface area contributed by atoms with Gasteiger partial charge in [0.1, 0.15) is 6.07 Å². The molecule has 0 saturated carbocycles. The lowest BCUT2D eigenvalue weighted by atomic mass is 10.1. The van der Waals surface area contributed by atoms with Crippen LogP contribution >= 0.6 is 34.8 Å². The molecule has 3 nitrogen and oxygen atoms in total. The zero-order valence-electron chi connectivity index (χ0n) is 10.7. The molecule has 0 radical (unpaired) electrons. The van der Waals surface area contributed by atoms with E-state index in [9.17, 15) is 4.79 Å². The first kappa shape index (κ1) is 15.7. The number of hydrogen-bond donors (Lipinski definition) is 1. The third-order valence-electron chi connectivity index (χ3n) is 2.77. The molecule has 0 atom stereocenters. The Morgan fingerprint density at radius 3 is 2.33 bits per heavy atom. The van der Waals surface area contributed by atoms with E-state index in [0.29, 0.717) is 26.9 Å². The lowest BCUT2D eigenvalue weighted by molar-refractivity contribution is -0.115. The van der Waals surface area contributed by atoms with Crippen LogP contribution in [-0.4, -0.2) is 5.91 Å². The number of carbonyl (C=O) groups is 1. The van der Waals surface area contributed by atoms with Crippen LogP contribution in [0.4, 0.5) is 5.69 Å². The largest absolute Gasteiger partial charge is 0.326 e. The third-order valence-corrected chi connectivity index (χ3v) is 3.79. The van der Waals surface area contributed by atoms with Crippen LogP contribution in [-0.2, 0) is 11.2 Å². The van der Waals surface area contributed by atoms with Crippen molar-refractivity contribution in [1.82, 2.24) is 0 Å². The van der Waals surface area contributed by atoms with E-state index in [2.05, 4.69) is 5.32 Å². The highest BCUT2D eigenvalue weighted by Gasteiger charge is 2.11.